The van der Waals surface area contributed by atoms with Gasteiger partial charge in [-0.15, -0.1) is 11.3 Å². The van der Waals surface area contributed by atoms with Crippen molar-refractivity contribution in [1.82, 2.24) is 0 Å². The Hall–Kier alpha value is -1.88. The number of anilines is 1. The second-order valence-electron chi connectivity index (χ2n) is 5.60. The standard InChI is InChI=1S/C16H18N2O2S/c1-10-8-14(15(18(19)20)9-11(10)2)17-13-4-3-5-16-12(13)6-7-21-16/h6-9,13,17H,3-5H2,1-2H3. The predicted octanol–water partition coefficient (Wildman–Crippen LogP) is 4.76. The van der Waals surface area contributed by atoms with Gasteiger partial charge in [0.2, 0.25) is 0 Å². The van der Waals surface area contributed by atoms with E-state index in [9.17, 15) is 10.1 Å². The van der Waals surface area contributed by atoms with Crippen LogP contribution >= 0.6 is 11.3 Å². The molecule has 1 aromatic heterocycles. The van der Waals surface area contributed by atoms with Crippen molar-refractivity contribution in [1.29, 1.82) is 0 Å². The van der Waals surface area contributed by atoms with Crippen molar-refractivity contribution in [2.75, 3.05) is 5.32 Å². The number of hydrogen-bond acceptors (Lipinski definition) is 4. The van der Waals surface area contributed by atoms with Crippen LogP contribution in [0.4, 0.5) is 11.4 Å². The summed E-state index contributed by atoms with van der Waals surface area (Å²) in [6.07, 6.45) is 3.28. The maximum atomic E-state index is 11.3. The highest BCUT2D eigenvalue weighted by Crippen LogP contribution is 2.38. The summed E-state index contributed by atoms with van der Waals surface area (Å²) in [7, 11) is 0. The molecule has 0 radical (unpaired) electrons. The van der Waals surface area contributed by atoms with Crippen LogP contribution in [0.5, 0.6) is 0 Å². The number of nitro benzene ring substituents is 1. The summed E-state index contributed by atoms with van der Waals surface area (Å²) >= 11 is 1.78. The van der Waals surface area contributed by atoms with Gasteiger partial charge in [0.15, 0.2) is 0 Å². The van der Waals surface area contributed by atoms with Crippen LogP contribution in [-0.4, -0.2) is 4.92 Å². The lowest BCUT2D eigenvalue weighted by Crippen LogP contribution is -2.16. The normalized spacial score (nSPS) is 17.3. The molecule has 1 heterocycles. The number of thiophene rings is 1. The zero-order valence-electron chi connectivity index (χ0n) is 12.2. The molecule has 1 aromatic carbocycles. The van der Waals surface area contributed by atoms with Crippen LogP contribution in [0, 0.1) is 24.0 Å². The fourth-order valence-corrected chi connectivity index (χ4v) is 3.88. The van der Waals surface area contributed by atoms with E-state index in [0.717, 1.165) is 30.4 Å². The van der Waals surface area contributed by atoms with Crippen LogP contribution in [0.2, 0.25) is 0 Å². The first kappa shape index (κ1) is 14.1. The molecule has 0 amide bonds. The lowest BCUT2D eigenvalue weighted by atomic mass is 9.93. The number of nitro groups is 1. The zero-order chi connectivity index (χ0) is 15.0. The Bertz CT molecular complexity index is 694. The minimum Gasteiger partial charge on any atom is -0.373 e. The van der Waals surface area contributed by atoms with Gasteiger partial charge in [0.05, 0.1) is 11.0 Å². The molecule has 0 bridgehead atoms. The van der Waals surface area contributed by atoms with Gasteiger partial charge in [0.1, 0.15) is 5.69 Å². The van der Waals surface area contributed by atoms with Crippen molar-refractivity contribution >= 4 is 22.7 Å². The molecule has 4 nitrogen and oxygen atoms in total. The number of hydrogen-bond donors (Lipinski definition) is 1. The van der Waals surface area contributed by atoms with Gasteiger partial charge in [-0.05, 0) is 67.3 Å². The Morgan fingerprint density at radius 3 is 2.86 bits per heavy atom. The van der Waals surface area contributed by atoms with Crippen LogP contribution < -0.4 is 5.32 Å². The molecule has 1 atom stereocenters. The molecule has 3 rings (SSSR count). The molecular formula is C16H18N2O2S. The summed E-state index contributed by atoms with van der Waals surface area (Å²) in [4.78, 5) is 12.4. The van der Waals surface area contributed by atoms with Crippen molar-refractivity contribution in [3.05, 3.63) is 55.3 Å². The van der Waals surface area contributed by atoms with Gasteiger partial charge in [-0.1, -0.05) is 0 Å². The summed E-state index contributed by atoms with van der Waals surface area (Å²) in [6.45, 7) is 3.89. The number of nitrogens with zero attached hydrogens (tertiary/aromatic N) is 1. The van der Waals surface area contributed by atoms with Crippen molar-refractivity contribution in [3.8, 4) is 0 Å². The number of nitrogens with one attached hydrogen (secondary N) is 1. The van der Waals surface area contributed by atoms with Crippen LogP contribution in [-0.2, 0) is 6.42 Å². The van der Waals surface area contributed by atoms with Crippen molar-refractivity contribution < 1.29 is 4.92 Å². The highest BCUT2D eigenvalue weighted by atomic mass is 32.1. The van der Waals surface area contributed by atoms with E-state index in [0.29, 0.717) is 5.69 Å². The van der Waals surface area contributed by atoms with Gasteiger partial charge in [0.25, 0.3) is 5.69 Å². The number of fused-ring (bicyclic) bond motifs is 1. The smallest absolute Gasteiger partial charge is 0.292 e. The van der Waals surface area contributed by atoms with Gasteiger partial charge in [-0.25, -0.2) is 0 Å². The van der Waals surface area contributed by atoms with E-state index in [4.69, 9.17) is 0 Å². The average molecular weight is 302 g/mol. The lowest BCUT2D eigenvalue weighted by Gasteiger charge is -2.25. The molecule has 0 saturated heterocycles. The topological polar surface area (TPSA) is 55.2 Å². The molecule has 1 aliphatic carbocycles. The van der Waals surface area contributed by atoms with Gasteiger partial charge >= 0.3 is 0 Å². The van der Waals surface area contributed by atoms with Crippen LogP contribution in [0.1, 0.15) is 40.5 Å². The second-order valence-corrected chi connectivity index (χ2v) is 6.60. The first-order valence-electron chi connectivity index (χ1n) is 7.14. The molecule has 0 aliphatic heterocycles. The third-order valence-electron chi connectivity index (χ3n) is 4.19. The zero-order valence-corrected chi connectivity index (χ0v) is 13.0. The summed E-state index contributed by atoms with van der Waals surface area (Å²) in [5.74, 6) is 0. The lowest BCUT2D eigenvalue weighted by molar-refractivity contribution is -0.384. The van der Waals surface area contributed by atoms with Crippen molar-refractivity contribution in [2.24, 2.45) is 0 Å². The van der Waals surface area contributed by atoms with Crippen LogP contribution in [0.15, 0.2) is 23.6 Å². The summed E-state index contributed by atoms with van der Waals surface area (Å²) < 4.78 is 0. The minimum absolute atomic E-state index is 0.167. The van der Waals surface area contributed by atoms with Gasteiger partial charge < -0.3 is 5.32 Å². The molecule has 110 valence electrons. The molecule has 1 N–H and O–H groups in total. The molecule has 0 saturated carbocycles. The third kappa shape index (κ3) is 2.65. The highest BCUT2D eigenvalue weighted by Gasteiger charge is 2.24. The molecule has 21 heavy (non-hydrogen) atoms. The minimum atomic E-state index is -0.299. The Morgan fingerprint density at radius 1 is 1.33 bits per heavy atom. The predicted molar refractivity (Wildman–Crippen MR) is 86.2 cm³/mol. The Morgan fingerprint density at radius 2 is 2.10 bits per heavy atom. The number of rotatable bonds is 3. The monoisotopic (exact) mass is 302 g/mol. The maximum Gasteiger partial charge on any atom is 0.292 e. The number of aryl methyl sites for hydroxylation is 3. The van der Waals surface area contributed by atoms with Crippen LogP contribution in [0.25, 0.3) is 0 Å². The largest absolute Gasteiger partial charge is 0.373 e. The van der Waals surface area contributed by atoms with E-state index in [-0.39, 0.29) is 16.7 Å². The Labute approximate surface area is 128 Å². The van der Waals surface area contributed by atoms with Gasteiger partial charge in [-0.2, -0.15) is 0 Å². The molecule has 1 unspecified atom stereocenters. The molecule has 1 aliphatic rings. The van der Waals surface area contributed by atoms with Crippen LogP contribution in [0.3, 0.4) is 0 Å². The SMILES string of the molecule is Cc1cc(NC2CCCc3sccc32)c([N+](=O)[O-])cc1C. The average Bonchev–Trinajstić information content (AvgIpc) is 2.91. The highest BCUT2D eigenvalue weighted by molar-refractivity contribution is 7.10. The first-order valence-corrected chi connectivity index (χ1v) is 8.02. The van der Waals surface area contributed by atoms with E-state index in [1.54, 1.807) is 17.4 Å². The maximum absolute atomic E-state index is 11.3. The molecule has 2 aromatic rings. The summed E-state index contributed by atoms with van der Waals surface area (Å²) in [5.41, 5.74) is 4.13. The van der Waals surface area contributed by atoms with E-state index in [2.05, 4.69) is 16.8 Å². The molecule has 0 spiro atoms. The second kappa shape index (κ2) is 5.48. The van der Waals surface area contributed by atoms with Gasteiger partial charge in [-0.3, -0.25) is 10.1 Å². The Kier molecular flexibility index (Phi) is 3.68. The van der Waals surface area contributed by atoms with E-state index >= 15 is 0 Å². The molecular weight excluding hydrogens is 284 g/mol. The Balaban J connectivity index is 1.96. The fraction of sp³-hybridized carbons (Fsp3) is 0.375. The van der Waals surface area contributed by atoms with E-state index < -0.39 is 0 Å². The van der Waals surface area contributed by atoms with Crippen molar-refractivity contribution in [3.63, 3.8) is 0 Å². The fourth-order valence-electron chi connectivity index (χ4n) is 2.89. The molecule has 5 heteroatoms. The third-order valence-corrected chi connectivity index (χ3v) is 5.19. The molecule has 0 fully saturated rings. The van der Waals surface area contributed by atoms with E-state index in [1.165, 1.54) is 10.4 Å². The van der Waals surface area contributed by atoms with Gasteiger partial charge in [0, 0.05) is 10.9 Å². The number of benzene rings is 1. The summed E-state index contributed by atoms with van der Waals surface area (Å²) in [5, 5.41) is 16.8. The van der Waals surface area contributed by atoms with E-state index in [1.807, 2.05) is 19.9 Å². The quantitative estimate of drug-likeness (QED) is 0.656. The van der Waals surface area contributed by atoms with Crippen molar-refractivity contribution in [2.45, 2.75) is 39.2 Å². The first-order chi connectivity index (χ1) is 10.1. The summed E-state index contributed by atoms with van der Waals surface area (Å²) in [6, 6.07) is 5.88.